The number of aliphatic hydroxyl groups excluding tert-OH is 2. The largest absolute Gasteiger partial charge is 0.435 e. The van der Waals surface area contributed by atoms with Crippen LogP contribution in [-0.4, -0.2) is 48.0 Å². The van der Waals surface area contributed by atoms with E-state index in [0.717, 1.165) is 19.5 Å². The van der Waals surface area contributed by atoms with E-state index in [4.69, 9.17) is 5.11 Å². The Balaban J connectivity index is 1.87. The number of halogens is 2. The van der Waals surface area contributed by atoms with Crippen LogP contribution in [0.25, 0.3) is 0 Å². The summed E-state index contributed by atoms with van der Waals surface area (Å²) in [6.45, 7) is -0.557. The summed E-state index contributed by atoms with van der Waals surface area (Å²) < 4.78 is 28.3. The predicted molar refractivity (Wildman–Crippen MR) is 69.7 cm³/mol. The fraction of sp³-hybridized carbons (Fsp3) is 0.571. The number of nitrogens with zero attached hydrogens (tertiary/aromatic N) is 1. The molecule has 0 bridgehead atoms. The molecule has 2 unspecified atom stereocenters. The van der Waals surface area contributed by atoms with E-state index < -0.39 is 12.7 Å². The van der Waals surface area contributed by atoms with Crippen molar-refractivity contribution >= 4 is 0 Å². The number of β-amino-alcohol motifs (C(OH)–C–C–N with tert-alkyl or cyclic N) is 1. The molecule has 1 aromatic rings. The first-order chi connectivity index (χ1) is 9.58. The molecule has 0 aliphatic carbocycles. The van der Waals surface area contributed by atoms with E-state index in [9.17, 15) is 13.9 Å². The Morgan fingerprint density at radius 2 is 2.00 bits per heavy atom. The Hall–Kier alpha value is -1.24. The van der Waals surface area contributed by atoms with Gasteiger partial charge in [0.25, 0.3) is 0 Å². The smallest absolute Gasteiger partial charge is 0.387 e. The minimum atomic E-state index is -2.84. The second kappa shape index (κ2) is 6.97. The number of hydrogen-bond donors (Lipinski definition) is 2. The number of likely N-dealkylation sites (tertiary alicyclic amines) is 1. The van der Waals surface area contributed by atoms with E-state index in [1.54, 1.807) is 12.1 Å². The molecule has 6 heteroatoms. The van der Waals surface area contributed by atoms with E-state index in [1.165, 1.54) is 12.1 Å². The zero-order chi connectivity index (χ0) is 14.5. The predicted octanol–water partition coefficient (Wildman–Crippen LogP) is 1.64. The highest BCUT2D eigenvalue weighted by molar-refractivity contribution is 5.28. The summed E-state index contributed by atoms with van der Waals surface area (Å²) in [5.41, 5.74) is 0.666. The zero-order valence-corrected chi connectivity index (χ0v) is 11.1. The van der Waals surface area contributed by atoms with Crippen molar-refractivity contribution in [3.05, 3.63) is 29.8 Å². The van der Waals surface area contributed by atoms with E-state index in [1.807, 2.05) is 0 Å². The molecule has 0 radical (unpaired) electrons. The van der Waals surface area contributed by atoms with Crippen LogP contribution in [0.2, 0.25) is 0 Å². The van der Waals surface area contributed by atoms with Crippen LogP contribution in [0, 0.1) is 5.92 Å². The van der Waals surface area contributed by atoms with Gasteiger partial charge in [-0.1, -0.05) is 12.1 Å². The molecule has 1 saturated heterocycles. The van der Waals surface area contributed by atoms with E-state index in [-0.39, 0.29) is 18.3 Å². The molecule has 2 rings (SSSR count). The Bertz CT molecular complexity index is 413. The molecule has 4 nitrogen and oxygen atoms in total. The van der Waals surface area contributed by atoms with Gasteiger partial charge in [-0.25, -0.2) is 0 Å². The Kier molecular flexibility index (Phi) is 5.28. The maximum Gasteiger partial charge on any atom is 0.387 e. The molecule has 0 aromatic heterocycles. The number of ether oxygens (including phenoxy) is 1. The van der Waals surface area contributed by atoms with Crippen LogP contribution in [0.4, 0.5) is 8.78 Å². The molecule has 2 atom stereocenters. The quantitative estimate of drug-likeness (QED) is 0.835. The number of rotatable bonds is 6. The van der Waals surface area contributed by atoms with Crippen LogP contribution in [0.1, 0.15) is 18.1 Å². The van der Waals surface area contributed by atoms with Crippen LogP contribution < -0.4 is 4.74 Å². The number of benzene rings is 1. The zero-order valence-electron chi connectivity index (χ0n) is 11.1. The van der Waals surface area contributed by atoms with Crippen molar-refractivity contribution in [2.45, 2.75) is 19.1 Å². The molecule has 1 aliphatic heterocycles. The molecule has 0 saturated carbocycles. The number of alkyl halides is 2. The normalized spacial score (nSPS) is 21.4. The van der Waals surface area contributed by atoms with Gasteiger partial charge in [-0.2, -0.15) is 8.78 Å². The molecule has 0 amide bonds. The average molecular weight is 287 g/mol. The Morgan fingerprint density at radius 1 is 1.30 bits per heavy atom. The third-order valence-corrected chi connectivity index (χ3v) is 3.55. The van der Waals surface area contributed by atoms with Crippen molar-refractivity contribution in [2.24, 2.45) is 5.92 Å². The highest BCUT2D eigenvalue weighted by atomic mass is 19.3. The topological polar surface area (TPSA) is 52.9 Å². The molecule has 1 heterocycles. The number of aliphatic hydroxyl groups is 2. The fourth-order valence-electron chi connectivity index (χ4n) is 2.45. The van der Waals surface area contributed by atoms with Crippen molar-refractivity contribution in [3.8, 4) is 5.75 Å². The van der Waals surface area contributed by atoms with Gasteiger partial charge in [0.05, 0.1) is 6.10 Å². The summed E-state index contributed by atoms with van der Waals surface area (Å²) in [6, 6.07) is 6.01. The lowest BCUT2D eigenvalue weighted by Gasteiger charge is -2.20. The van der Waals surface area contributed by atoms with Crippen molar-refractivity contribution in [3.63, 3.8) is 0 Å². The summed E-state index contributed by atoms with van der Waals surface area (Å²) in [6.07, 6.45) is 0.262. The lowest BCUT2D eigenvalue weighted by molar-refractivity contribution is -0.0498. The molecule has 1 aromatic carbocycles. The molecular weight excluding hydrogens is 268 g/mol. The Labute approximate surface area is 116 Å². The maximum atomic E-state index is 12.0. The third-order valence-electron chi connectivity index (χ3n) is 3.55. The van der Waals surface area contributed by atoms with Gasteiger partial charge < -0.3 is 19.8 Å². The second-order valence-corrected chi connectivity index (χ2v) is 5.06. The first-order valence-electron chi connectivity index (χ1n) is 6.64. The number of hydrogen-bond acceptors (Lipinski definition) is 4. The lowest BCUT2D eigenvalue weighted by atomic mass is 10.1. The highest BCUT2D eigenvalue weighted by Crippen LogP contribution is 2.22. The van der Waals surface area contributed by atoms with Crippen LogP contribution in [0.3, 0.4) is 0 Å². The van der Waals surface area contributed by atoms with Gasteiger partial charge in [0, 0.05) is 19.7 Å². The summed E-state index contributed by atoms with van der Waals surface area (Å²) >= 11 is 0. The average Bonchev–Trinajstić information content (AvgIpc) is 2.86. The first kappa shape index (κ1) is 15.2. The summed E-state index contributed by atoms with van der Waals surface area (Å²) in [5, 5.41) is 19.2. The van der Waals surface area contributed by atoms with Gasteiger partial charge in [-0.3, -0.25) is 0 Å². The molecule has 2 N–H and O–H groups in total. The van der Waals surface area contributed by atoms with Gasteiger partial charge in [0.1, 0.15) is 5.75 Å². The van der Waals surface area contributed by atoms with Gasteiger partial charge in [0.15, 0.2) is 0 Å². The van der Waals surface area contributed by atoms with Crippen molar-refractivity contribution < 1.29 is 23.7 Å². The molecule has 1 aliphatic rings. The van der Waals surface area contributed by atoms with Gasteiger partial charge in [0.2, 0.25) is 0 Å². The van der Waals surface area contributed by atoms with Crippen molar-refractivity contribution in [1.29, 1.82) is 0 Å². The third kappa shape index (κ3) is 4.13. The molecular formula is C14H19F2NO3. The lowest BCUT2D eigenvalue weighted by Crippen LogP contribution is -2.27. The SMILES string of the molecule is OCC1CCN(CC(O)c2ccc(OC(F)F)cc2)C1. The van der Waals surface area contributed by atoms with E-state index in [0.29, 0.717) is 12.1 Å². The maximum absolute atomic E-state index is 12.0. The standard InChI is InChI=1S/C14H19F2NO3/c15-14(16)20-12-3-1-11(2-4-12)13(19)8-17-6-5-10(7-17)9-18/h1-4,10,13-14,18-19H,5-9H2. The van der Waals surface area contributed by atoms with Crippen LogP contribution in [-0.2, 0) is 0 Å². The molecule has 112 valence electrons. The van der Waals surface area contributed by atoms with E-state index in [2.05, 4.69) is 9.64 Å². The summed E-state index contributed by atoms with van der Waals surface area (Å²) in [5.74, 6) is 0.362. The second-order valence-electron chi connectivity index (χ2n) is 5.06. The van der Waals surface area contributed by atoms with Crippen molar-refractivity contribution in [2.75, 3.05) is 26.2 Å². The minimum Gasteiger partial charge on any atom is -0.435 e. The molecule has 1 fully saturated rings. The highest BCUT2D eigenvalue weighted by Gasteiger charge is 2.23. The van der Waals surface area contributed by atoms with Gasteiger partial charge in [-0.05, 0) is 36.6 Å². The molecule has 20 heavy (non-hydrogen) atoms. The first-order valence-corrected chi connectivity index (χ1v) is 6.64. The summed E-state index contributed by atoms with van der Waals surface area (Å²) in [4.78, 5) is 2.09. The van der Waals surface area contributed by atoms with Gasteiger partial charge in [-0.15, -0.1) is 0 Å². The van der Waals surface area contributed by atoms with E-state index >= 15 is 0 Å². The fourth-order valence-corrected chi connectivity index (χ4v) is 2.45. The van der Waals surface area contributed by atoms with Crippen molar-refractivity contribution in [1.82, 2.24) is 4.90 Å². The van der Waals surface area contributed by atoms with Crippen LogP contribution in [0.15, 0.2) is 24.3 Å². The Morgan fingerprint density at radius 3 is 2.55 bits per heavy atom. The van der Waals surface area contributed by atoms with Crippen LogP contribution in [0.5, 0.6) is 5.75 Å². The monoisotopic (exact) mass is 287 g/mol. The molecule has 0 spiro atoms. The van der Waals surface area contributed by atoms with Gasteiger partial charge >= 0.3 is 6.61 Å². The summed E-state index contributed by atoms with van der Waals surface area (Å²) in [7, 11) is 0. The van der Waals surface area contributed by atoms with Crippen LogP contribution >= 0.6 is 0 Å². The minimum absolute atomic E-state index is 0.0810.